The lowest BCUT2D eigenvalue weighted by molar-refractivity contribution is -0.671. The molecule has 0 saturated heterocycles. The first kappa shape index (κ1) is 51.6. The molecule has 0 unspecified atom stereocenters. The minimum Gasteiger partial charge on any atom is -0.382 e. The lowest BCUT2D eigenvalue weighted by Crippen LogP contribution is -2.24. The maximum absolute atomic E-state index is 5.57. The number of aryl methyl sites for hydroxylation is 1. The molecule has 1 aromatic rings. The summed E-state index contributed by atoms with van der Waals surface area (Å²) in [6.45, 7) is 17.2. The van der Waals surface area contributed by atoms with Crippen LogP contribution in [0.2, 0.25) is 0 Å². The van der Waals surface area contributed by atoms with E-state index in [4.69, 9.17) is 75.8 Å². The second kappa shape index (κ2) is 45.3. The summed E-state index contributed by atoms with van der Waals surface area (Å²) in [5.41, 5.74) is 0. The SMILES string of the molecule is COCCOCCOCCOCCOCCOCCOCCOCCOCCOCCOCCOCCOCCOCCOCCOCCn1cc[n+](C)c1. The minimum atomic E-state index is 0.502. The molecule has 0 aliphatic rings. The number of rotatable bonds is 48. The smallest absolute Gasteiger partial charge is 0.243 e. The molecule has 0 spiro atoms. The van der Waals surface area contributed by atoms with Gasteiger partial charge in [0, 0.05) is 7.11 Å². The normalized spacial score (nSPS) is 11.7. The van der Waals surface area contributed by atoms with Crippen LogP contribution in [0.1, 0.15) is 0 Å². The third-order valence-corrected chi connectivity index (χ3v) is 6.96. The van der Waals surface area contributed by atoms with Gasteiger partial charge in [0.1, 0.15) is 18.9 Å². The summed E-state index contributed by atoms with van der Waals surface area (Å²) >= 11 is 0. The van der Waals surface area contributed by atoms with Crippen molar-refractivity contribution < 1.29 is 80.4 Å². The van der Waals surface area contributed by atoms with Gasteiger partial charge in [0.2, 0.25) is 6.33 Å². The van der Waals surface area contributed by atoms with E-state index in [1.54, 1.807) is 7.11 Å². The molecule has 0 bridgehead atoms. The second-order valence-corrected chi connectivity index (χ2v) is 11.5. The van der Waals surface area contributed by atoms with Crippen molar-refractivity contribution in [2.75, 3.05) is 212 Å². The van der Waals surface area contributed by atoms with Gasteiger partial charge in [-0.1, -0.05) is 0 Å². The monoisotopic (exact) mass is 801 g/mol. The van der Waals surface area contributed by atoms with Gasteiger partial charge in [-0.05, 0) is 0 Å². The van der Waals surface area contributed by atoms with E-state index >= 15 is 0 Å². The average Bonchev–Trinajstić information content (AvgIpc) is 3.62. The van der Waals surface area contributed by atoms with Crippen LogP contribution in [0.5, 0.6) is 0 Å². The zero-order valence-corrected chi connectivity index (χ0v) is 33.8. The van der Waals surface area contributed by atoms with Crippen LogP contribution >= 0.6 is 0 Å². The number of imidazole rings is 1. The molecule has 0 atom stereocenters. The van der Waals surface area contributed by atoms with Crippen LogP contribution in [0.3, 0.4) is 0 Å². The van der Waals surface area contributed by atoms with Gasteiger partial charge in [-0.15, -0.1) is 0 Å². The highest BCUT2D eigenvalue weighted by molar-refractivity contribution is 4.65. The summed E-state index contributed by atoms with van der Waals surface area (Å²) in [5, 5.41) is 0. The van der Waals surface area contributed by atoms with E-state index in [2.05, 4.69) is 4.57 Å². The summed E-state index contributed by atoms with van der Waals surface area (Å²) in [7, 11) is 3.64. The van der Waals surface area contributed by atoms with Gasteiger partial charge in [-0.2, -0.15) is 0 Å². The first-order valence-electron chi connectivity index (χ1n) is 19.5. The van der Waals surface area contributed by atoms with Crippen molar-refractivity contribution in [1.82, 2.24) is 4.57 Å². The number of aromatic nitrogens is 2. The van der Waals surface area contributed by atoms with Gasteiger partial charge in [-0.3, -0.25) is 0 Å². The van der Waals surface area contributed by atoms with Gasteiger partial charge in [0.05, 0.1) is 212 Å². The van der Waals surface area contributed by atoms with Crippen molar-refractivity contribution >= 4 is 0 Å². The fraction of sp³-hybridized carbons (Fsp3) is 0.919. The van der Waals surface area contributed by atoms with E-state index < -0.39 is 0 Å². The topological polar surface area (TPSA) is 156 Å². The Labute approximate surface area is 329 Å². The molecule has 0 aliphatic heterocycles. The first-order chi connectivity index (χ1) is 27.3. The predicted octanol–water partition coefficient (Wildman–Crippen LogP) is 0.208. The number of hydrogen-bond acceptors (Lipinski definition) is 16. The molecule has 1 aromatic heterocycles. The Bertz CT molecular complexity index is 860. The number of hydrogen-bond donors (Lipinski definition) is 0. The number of methoxy groups -OCH3 is 1. The van der Waals surface area contributed by atoms with Crippen LogP contribution in [0.4, 0.5) is 0 Å². The predicted molar refractivity (Wildman–Crippen MR) is 200 cm³/mol. The van der Waals surface area contributed by atoms with Crippen LogP contribution in [0, 0.1) is 0 Å². The summed E-state index contributed by atoms with van der Waals surface area (Å²) in [6.07, 6.45) is 6.04. The Morgan fingerprint density at radius 3 is 0.691 bits per heavy atom. The summed E-state index contributed by atoms with van der Waals surface area (Å²) in [6, 6.07) is 0. The quantitative estimate of drug-likeness (QED) is 0.0651. The van der Waals surface area contributed by atoms with Gasteiger partial charge in [0.25, 0.3) is 0 Å². The van der Waals surface area contributed by atoms with Gasteiger partial charge < -0.3 is 75.8 Å². The molecule has 326 valence electrons. The Balaban J connectivity index is 1.59. The molecular weight excluding hydrogens is 728 g/mol. The first-order valence-corrected chi connectivity index (χ1v) is 19.5. The molecule has 55 heavy (non-hydrogen) atoms. The van der Waals surface area contributed by atoms with E-state index in [9.17, 15) is 0 Å². The fourth-order valence-electron chi connectivity index (χ4n) is 4.13. The van der Waals surface area contributed by atoms with Crippen molar-refractivity contribution in [1.29, 1.82) is 0 Å². The lowest BCUT2D eigenvalue weighted by atomic mass is 10.6. The molecule has 18 nitrogen and oxygen atoms in total. The molecule has 0 amide bonds. The van der Waals surface area contributed by atoms with E-state index in [1.807, 2.05) is 30.3 Å². The Morgan fingerprint density at radius 2 is 0.509 bits per heavy atom. The zero-order valence-electron chi connectivity index (χ0n) is 33.8. The molecular formula is C37H73N2O16+. The Kier molecular flexibility index (Phi) is 42.5. The third kappa shape index (κ3) is 42.0. The largest absolute Gasteiger partial charge is 0.382 e. The van der Waals surface area contributed by atoms with Gasteiger partial charge >= 0.3 is 0 Å². The summed E-state index contributed by atoms with van der Waals surface area (Å²) in [5.74, 6) is 0. The summed E-state index contributed by atoms with van der Waals surface area (Å²) < 4.78 is 91.1. The van der Waals surface area contributed by atoms with E-state index in [0.29, 0.717) is 205 Å². The Hall–Kier alpha value is -1.43. The van der Waals surface area contributed by atoms with Crippen LogP contribution in [-0.2, 0) is 89.4 Å². The van der Waals surface area contributed by atoms with Crippen molar-refractivity contribution in [2.45, 2.75) is 6.54 Å². The molecule has 0 fully saturated rings. The molecule has 0 radical (unpaired) electrons. The van der Waals surface area contributed by atoms with Crippen LogP contribution < -0.4 is 4.57 Å². The van der Waals surface area contributed by atoms with E-state index in [-0.39, 0.29) is 0 Å². The second-order valence-electron chi connectivity index (χ2n) is 11.5. The standard InChI is InChI=1S/C37H73N2O16/c1-38-3-4-39(37-38)5-6-41-9-10-43-13-14-45-17-18-47-21-22-49-25-26-51-29-30-53-33-34-55-36-35-54-32-31-52-28-27-50-24-23-48-20-19-46-16-15-44-12-11-42-8-7-40-2/h3-4,37H,5-36H2,1-2H3/q+1. The molecule has 1 heterocycles. The average molecular weight is 802 g/mol. The maximum Gasteiger partial charge on any atom is 0.243 e. The highest BCUT2D eigenvalue weighted by atomic mass is 16.6. The van der Waals surface area contributed by atoms with Crippen LogP contribution in [0.15, 0.2) is 18.7 Å². The van der Waals surface area contributed by atoms with E-state index in [0.717, 1.165) is 6.54 Å². The highest BCUT2D eigenvalue weighted by Crippen LogP contribution is 1.89. The summed E-state index contributed by atoms with van der Waals surface area (Å²) in [4.78, 5) is 0. The molecule has 18 heteroatoms. The number of nitrogens with zero attached hydrogens (tertiary/aromatic N) is 2. The van der Waals surface area contributed by atoms with Crippen LogP contribution in [0.25, 0.3) is 0 Å². The third-order valence-electron chi connectivity index (χ3n) is 6.96. The lowest BCUT2D eigenvalue weighted by Gasteiger charge is -2.09. The van der Waals surface area contributed by atoms with Crippen molar-refractivity contribution in [3.63, 3.8) is 0 Å². The van der Waals surface area contributed by atoms with Crippen molar-refractivity contribution in [3.8, 4) is 0 Å². The minimum absolute atomic E-state index is 0.502. The maximum atomic E-state index is 5.57. The highest BCUT2D eigenvalue weighted by Gasteiger charge is 2.00. The van der Waals surface area contributed by atoms with Gasteiger partial charge in [-0.25, -0.2) is 9.13 Å². The molecule has 0 aromatic carbocycles. The van der Waals surface area contributed by atoms with Gasteiger partial charge in [0.15, 0.2) is 0 Å². The van der Waals surface area contributed by atoms with Crippen molar-refractivity contribution in [3.05, 3.63) is 18.7 Å². The molecule has 0 aliphatic carbocycles. The fourth-order valence-corrected chi connectivity index (χ4v) is 4.13. The molecule has 0 saturated carbocycles. The molecule has 0 N–H and O–H groups in total. The molecule has 1 rings (SSSR count). The zero-order chi connectivity index (χ0) is 39.2. The van der Waals surface area contributed by atoms with Crippen LogP contribution in [-0.4, -0.2) is 216 Å². The Morgan fingerprint density at radius 1 is 0.309 bits per heavy atom. The van der Waals surface area contributed by atoms with Crippen molar-refractivity contribution in [2.24, 2.45) is 7.05 Å². The number of ether oxygens (including phenoxy) is 16. The van der Waals surface area contributed by atoms with E-state index in [1.165, 1.54) is 0 Å².